The number of pyridine rings is 1. The number of hydrogen-bond donors (Lipinski definition) is 2. The summed E-state index contributed by atoms with van der Waals surface area (Å²) in [6.07, 6.45) is 6.49. The molecule has 258 valence electrons. The Bertz CT molecular complexity index is 1960. The van der Waals surface area contributed by atoms with Crippen LogP contribution in [0.3, 0.4) is 0 Å². The number of amides is 1. The molecule has 5 aliphatic heterocycles. The lowest BCUT2D eigenvalue weighted by molar-refractivity contribution is -0.137. The summed E-state index contributed by atoms with van der Waals surface area (Å²) in [5.41, 5.74) is 3.39. The summed E-state index contributed by atoms with van der Waals surface area (Å²) >= 11 is 0. The smallest absolute Gasteiger partial charge is 0.319 e. The fourth-order valence-electron chi connectivity index (χ4n) is 9.19. The Morgan fingerprint density at radius 3 is 2.98 bits per heavy atom. The molecule has 4 aromatic rings. The number of rotatable bonds is 3. The number of ether oxygens (including phenoxy) is 2. The van der Waals surface area contributed by atoms with E-state index in [1.807, 2.05) is 4.90 Å². The molecule has 14 heteroatoms. The van der Waals surface area contributed by atoms with E-state index in [-0.39, 0.29) is 54.8 Å². The van der Waals surface area contributed by atoms with Gasteiger partial charge in [-0.2, -0.15) is 15.1 Å². The van der Waals surface area contributed by atoms with E-state index in [2.05, 4.69) is 26.1 Å². The van der Waals surface area contributed by atoms with Crippen LogP contribution >= 0.6 is 0 Å². The number of hydrogen-bond acceptors (Lipinski definition) is 10. The Labute approximate surface area is 281 Å². The van der Waals surface area contributed by atoms with E-state index in [9.17, 15) is 14.3 Å². The second-order valence-electron chi connectivity index (χ2n) is 14.6. The predicted octanol–water partition coefficient (Wildman–Crippen LogP) is 3.51. The number of aromatic nitrogens is 5. The number of aryl methyl sites for hydroxylation is 1. The van der Waals surface area contributed by atoms with Crippen molar-refractivity contribution < 1.29 is 28.2 Å². The molecule has 6 bridgehead atoms. The van der Waals surface area contributed by atoms with Gasteiger partial charge >= 0.3 is 6.01 Å². The number of carbonyl (C=O) groups excluding carboxylic acids is 1. The number of aliphatic hydroxyl groups is 1. The van der Waals surface area contributed by atoms with Gasteiger partial charge in [0, 0.05) is 56.9 Å². The van der Waals surface area contributed by atoms with Crippen LogP contribution in [0.5, 0.6) is 6.01 Å². The molecule has 10 rings (SSSR count). The first-order valence-electron chi connectivity index (χ1n) is 17.4. The number of anilines is 1. The Balaban J connectivity index is 1.22. The molecule has 1 aromatic carbocycles. The van der Waals surface area contributed by atoms with Crippen molar-refractivity contribution in [1.29, 1.82) is 0 Å². The quantitative estimate of drug-likeness (QED) is 0.333. The lowest BCUT2D eigenvalue weighted by Gasteiger charge is -2.40. The van der Waals surface area contributed by atoms with Crippen molar-refractivity contribution in [3.63, 3.8) is 0 Å². The number of piperidine rings is 1. The van der Waals surface area contributed by atoms with Crippen molar-refractivity contribution in [2.24, 2.45) is 0 Å². The van der Waals surface area contributed by atoms with Gasteiger partial charge in [-0.25, -0.2) is 8.78 Å². The fraction of sp³-hybridized carbons (Fsp3) is 0.571. The number of aromatic amines is 1. The highest BCUT2D eigenvalue weighted by Gasteiger charge is 2.49. The molecule has 1 aliphatic carbocycles. The molecule has 12 nitrogen and oxygen atoms in total. The average molecular weight is 675 g/mol. The molecule has 3 saturated heterocycles. The van der Waals surface area contributed by atoms with E-state index >= 15 is 4.39 Å². The molecule has 2 unspecified atom stereocenters. The maximum atomic E-state index is 17.3. The van der Waals surface area contributed by atoms with Crippen LogP contribution in [-0.2, 0) is 16.0 Å². The van der Waals surface area contributed by atoms with Crippen molar-refractivity contribution in [3.8, 4) is 17.3 Å². The standard InChI is InChI=1S/C35H40F2N8O4/c1-43-22-10-23(46)16-44(15-22)33-25-12-38-32(30(37)31(25)40-34(41-33)49-18-35-6-2-7-45(35)14-21(36)11-35)29-24-13-39-42-26(24)9-20-4-3-19(28(20)29)5-8-48-17-27(43)47/h9,12-13,19,21-23,46H,2-8,10-11,14-18H2,1H3,(H,39,42)/t19?,21-,22-,23?,35+/m1/s1. The van der Waals surface area contributed by atoms with Gasteiger partial charge in [0.1, 0.15) is 36.4 Å². The Kier molecular flexibility index (Phi) is 7.47. The number of nitrogens with one attached hydrogen (secondary N) is 1. The first-order chi connectivity index (χ1) is 23.8. The minimum absolute atomic E-state index is 0.0148. The highest BCUT2D eigenvalue weighted by molar-refractivity contribution is 6.00. The fourth-order valence-corrected chi connectivity index (χ4v) is 9.19. The number of aliphatic hydroxyl groups excluding tert-OH is 1. The Morgan fingerprint density at radius 2 is 2.08 bits per heavy atom. The van der Waals surface area contributed by atoms with E-state index < -0.39 is 23.6 Å². The number of fused-ring (bicyclic) bond motifs is 8. The zero-order valence-electron chi connectivity index (χ0n) is 27.5. The van der Waals surface area contributed by atoms with Gasteiger partial charge in [-0.05, 0) is 68.2 Å². The van der Waals surface area contributed by atoms with Crippen molar-refractivity contribution in [2.45, 2.75) is 74.7 Å². The van der Waals surface area contributed by atoms with Gasteiger partial charge in [-0.15, -0.1) is 0 Å². The third-order valence-corrected chi connectivity index (χ3v) is 11.6. The van der Waals surface area contributed by atoms with Gasteiger partial charge < -0.3 is 24.4 Å². The van der Waals surface area contributed by atoms with Gasteiger partial charge in [0.15, 0.2) is 5.82 Å². The minimum Gasteiger partial charge on any atom is -0.461 e. The van der Waals surface area contributed by atoms with E-state index in [1.54, 1.807) is 24.3 Å². The second-order valence-corrected chi connectivity index (χ2v) is 14.6. The number of carbonyl (C=O) groups is 1. The molecule has 49 heavy (non-hydrogen) atoms. The molecule has 2 N–H and O–H groups in total. The molecule has 1 amide bonds. The van der Waals surface area contributed by atoms with Crippen LogP contribution in [0.15, 0.2) is 18.5 Å². The Hall–Kier alpha value is -4.01. The number of nitrogens with zero attached hydrogens (tertiary/aromatic N) is 7. The van der Waals surface area contributed by atoms with Crippen LogP contribution in [0.4, 0.5) is 14.6 Å². The van der Waals surface area contributed by atoms with Crippen LogP contribution in [0.1, 0.15) is 55.6 Å². The Morgan fingerprint density at radius 1 is 1.18 bits per heavy atom. The normalized spacial score (nSPS) is 28.9. The van der Waals surface area contributed by atoms with Gasteiger partial charge in [0.25, 0.3) is 0 Å². The molecule has 3 fully saturated rings. The molecule has 0 saturated carbocycles. The van der Waals surface area contributed by atoms with Gasteiger partial charge in [-0.3, -0.25) is 19.8 Å². The first-order valence-corrected chi connectivity index (χ1v) is 17.4. The largest absolute Gasteiger partial charge is 0.461 e. The molecule has 8 heterocycles. The highest BCUT2D eigenvalue weighted by atomic mass is 19.1. The molecule has 0 spiro atoms. The molecule has 3 aromatic heterocycles. The zero-order valence-corrected chi connectivity index (χ0v) is 27.5. The number of alkyl halides is 1. The summed E-state index contributed by atoms with van der Waals surface area (Å²) in [6.45, 7) is 2.24. The number of likely N-dealkylation sites (N-methyl/N-ethyl adjacent to an activating group) is 1. The van der Waals surface area contributed by atoms with E-state index in [1.165, 1.54) is 0 Å². The van der Waals surface area contributed by atoms with Gasteiger partial charge in [0.05, 0.1) is 34.8 Å². The number of benzene rings is 1. The third-order valence-electron chi connectivity index (χ3n) is 11.6. The maximum absolute atomic E-state index is 17.3. The number of H-pyrrole nitrogens is 1. The molecule has 6 aliphatic rings. The van der Waals surface area contributed by atoms with Crippen LogP contribution in [-0.4, -0.2) is 123 Å². The number of halogens is 2. The van der Waals surface area contributed by atoms with Gasteiger partial charge in [-0.1, -0.05) is 0 Å². The minimum atomic E-state index is -0.924. The van der Waals surface area contributed by atoms with Crippen LogP contribution in [0.25, 0.3) is 33.1 Å². The van der Waals surface area contributed by atoms with Crippen LogP contribution in [0.2, 0.25) is 0 Å². The van der Waals surface area contributed by atoms with Crippen LogP contribution in [0, 0.1) is 5.82 Å². The summed E-state index contributed by atoms with van der Waals surface area (Å²) < 4.78 is 44.1. The maximum Gasteiger partial charge on any atom is 0.319 e. The zero-order chi connectivity index (χ0) is 33.4. The summed E-state index contributed by atoms with van der Waals surface area (Å²) in [5, 5.41) is 19.5. The molecular weight excluding hydrogens is 634 g/mol. The summed E-state index contributed by atoms with van der Waals surface area (Å²) in [6, 6.07) is 1.73. The van der Waals surface area contributed by atoms with Crippen molar-refractivity contribution >= 4 is 33.5 Å². The third kappa shape index (κ3) is 5.13. The predicted molar refractivity (Wildman–Crippen MR) is 177 cm³/mol. The summed E-state index contributed by atoms with van der Waals surface area (Å²) in [7, 11) is 1.73. The second kappa shape index (κ2) is 11.8. The van der Waals surface area contributed by atoms with Gasteiger partial charge in [0.2, 0.25) is 5.91 Å². The van der Waals surface area contributed by atoms with Crippen molar-refractivity contribution in [3.05, 3.63) is 35.4 Å². The molecule has 5 atom stereocenters. The summed E-state index contributed by atoms with van der Waals surface area (Å²) in [5.74, 6) is -0.333. The summed E-state index contributed by atoms with van der Waals surface area (Å²) in [4.78, 5) is 33.2. The molecule has 0 radical (unpaired) electrons. The van der Waals surface area contributed by atoms with E-state index in [0.717, 1.165) is 54.3 Å². The SMILES string of the molecule is CN1C(=O)COCCC2CCc3cc4[nH]ncc4c(c32)-c2ncc3c(nc(OC[C@@]45CCCN4C[C@H](F)C5)nc3c2F)N2CC(O)C[C@@H]1C2. The average Bonchev–Trinajstić information content (AvgIpc) is 3.87. The van der Waals surface area contributed by atoms with E-state index in [0.29, 0.717) is 55.7 Å². The van der Waals surface area contributed by atoms with Crippen molar-refractivity contribution in [2.75, 3.05) is 57.9 Å². The van der Waals surface area contributed by atoms with Crippen molar-refractivity contribution in [1.82, 2.24) is 34.9 Å². The monoisotopic (exact) mass is 674 g/mol. The van der Waals surface area contributed by atoms with Crippen LogP contribution < -0.4 is 9.64 Å². The highest BCUT2D eigenvalue weighted by Crippen LogP contribution is 2.47. The van der Waals surface area contributed by atoms with E-state index in [4.69, 9.17) is 19.4 Å². The molecular formula is C35H40F2N8O4. The topological polar surface area (TPSA) is 133 Å². The lowest BCUT2D eigenvalue weighted by Crippen LogP contribution is -2.54. The lowest BCUT2D eigenvalue weighted by atomic mass is 9.89. The first kappa shape index (κ1) is 31.0.